The highest BCUT2D eigenvalue weighted by Crippen LogP contribution is 2.28. The van der Waals surface area contributed by atoms with Gasteiger partial charge in [-0.15, -0.1) is 0 Å². The number of benzene rings is 2. The molecular weight excluding hydrogens is 419 g/mol. The van der Waals surface area contributed by atoms with Gasteiger partial charge in [0.1, 0.15) is 0 Å². The summed E-state index contributed by atoms with van der Waals surface area (Å²) in [5, 5.41) is 10.6. The molecule has 1 aliphatic rings. The van der Waals surface area contributed by atoms with Crippen LogP contribution in [0.1, 0.15) is 23.6 Å². The number of likely N-dealkylation sites (N-methyl/N-ethyl adjacent to an activating group) is 1. The predicted molar refractivity (Wildman–Crippen MR) is 113 cm³/mol. The highest BCUT2D eigenvalue weighted by atomic mass is 35.5. The van der Waals surface area contributed by atoms with Crippen molar-refractivity contribution in [2.45, 2.75) is 24.3 Å². The number of β-amino-alcohol motifs (C(OH)–C–C–N with tert-alkyl or cyclic N) is 1. The van der Waals surface area contributed by atoms with Gasteiger partial charge in [-0.1, -0.05) is 59.6 Å². The first-order valence-electron chi connectivity index (χ1n) is 9.11. The topological polar surface area (TPSA) is 60.9 Å². The molecule has 2 aromatic rings. The van der Waals surface area contributed by atoms with Crippen LogP contribution in [0.5, 0.6) is 0 Å². The van der Waals surface area contributed by atoms with Gasteiger partial charge in [-0.3, -0.25) is 4.90 Å². The van der Waals surface area contributed by atoms with Crippen LogP contribution in [0.25, 0.3) is 0 Å². The first-order valence-corrected chi connectivity index (χ1v) is 11.5. The van der Waals surface area contributed by atoms with Crippen LogP contribution in [0.2, 0.25) is 10.0 Å². The van der Waals surface area contributed by atoms with E-state index in [4.69, 9.17) is 23.2 Å². The van der Waals surface area contributed by atoms with Crippen LogP contribution in [0.4, 0.5) is 0 Å². The van der Waals surface area contributed by atoms with Gasteiger partial charge in [0.25, 0.3) is 0 Å². The van der Waals surface area contributed by atoms with Crippen molar-refractivity contribution in [3.63, 3.8) is 0 Å². The monoisotopic (exact) mass is 442 g/mol. The second-order valence-electron chi connectivity index (χ2n) is 7.15. The Morgan fingerprint density at radius 3 is 2.50 bits per heavy atom. The quantitative estimate of drug-likeness (QED) is 0.711. The molecule has 1 N–H and O–H groups in total. The number of likely N-dealkylation sites (tertiary alicyclic amines) is 1. The molecule has 152 valence electrons. The maximum atomic E-state index is 13.1. The molecule has 3 rings (SSSR count). The summed E-state index contributed by atoms with van der Waals surface area (Å²) in [6.45, 7) is 1.84. The Bertz CT molecular complexity index is 909. The highest BCUT2D eigenvalue weighted by molar-refractivity contribution is 7.88. The van der Waals surface area contributed by atoms with Gasteiger partial charge in [0.05, 0.1) is 27.9 Å². The van der Waals surface area contributed by atoms with Crippen LogP contribution in [0, 0.1) is 0 Å². The van der Waals surface area contributed by atoms with Crippen LogP contribution in [0.15, 0.2) is 48.5 Å². The van der Waals surface area contributed by atoms with Crippen molar-refractivity contribution >= 4 is 33.2 Å². The van der Waals surface area contributed by atoms with Crippen LogP contribution in [0.3, 0.4) is 0 Å². The van der Waals surface area contributed by atoms with Crippen LogP contribution < -0.4 is 0 Å². The van der Waals surface area contributed by atoms with E-state index in [9.17, 15) is 13.5 Å². The Hall–Kier alpha value is -1.15. The molecule has 1 fully saturated rings. The summed E-state index contributed by atoms with van der Waals surface area (Å²) < 4.78 is 27.7. The van der Waals surface area contributed by atoms with E-state index in [-0.39, 0.29) is 17.9 Å². The maximum absolute atomic E-state index is 13.1. The lowest BCUT2D eigenvalue weighted by atomic mass is 10.1. The lowest BCUT2D eigenvalue weighted by Gasteiger charge is -2.31. The van der Waals surface area contributed by atoms with E-state index in [1.165, 1.54) is 4.31 Å². The molecule has 8 heteroatoms. The fourth-order valence-electron chi connectivity index (χ4n) is 3.46. The summed E-state index contributed by atoms with van der Waals surface area (Å²) in [6.07, 6.45) is 0.357. The summed E-state index contributed by atoms with van der Waals surface area (Å²) >= 11 is 12.0. The van der Waals surface area contributed by atoms with E-state index in [1.807, 2.05) is 30.3 Å². The molecule has 0 aliphatic carbocycles. The first kappa shape index (κ1) is 21.6. The fraction of sp³-hybridized carbons (Fsp3) is 0.400. The number of nitrogens with zero attached hydrogens (tertiary/aromatic N) is 2. The number of rotatable bonds is 7. The third-order valence-electron chi connectivity index (χ3n) is 5.07. The molecule has 2 aromatic carbocycles. The largest absolute Gasteiger partial charge is 0.392 e. The minimum absolute atomic E-state index is 0.160. The highest BCUT2D eigenvalue weighted by Gasteiger charge is 2.31. The van der Waals surface area contributed by atoms with E-state index in [0.29, 0.717) is 35.1 Å². The van der Waals surface area contributed by atoms with Crippen molar-refractivity contribution < 1.29 is 13.5 Å². The Kier molecular flexibility index (Phi) is 7.02. The zero-order valence-corrected chi connectivity index (χ0v) is 18.0. The lowest BCUT2D eigenvalue weighted by molar-refractivity contribution is 0.167. The summed E-state index contributed by atoms with van der Waals surface area (Å²) in [6, 6.07) is 14.1. The number of aliphatic hydroxyl groups is 1. The number of aliphatic hydroxyl groups excluding tert-OH is 1. The van der Waals surface area contributed by atoms with Crippen LogP contribution in [-0.4, -0.2) is 55.5 Å². The van der Waals surface area contributed by atoms with E-state index < -0.39 is 10.0 Å². The zero-order chi connectivity index (χ0) is 20.3. The molecule has 1 heterocycles. The molecule has 0 saturated carbocycles. The maximum Gasteiger partial charge on any atom is 0.218 e. The number of halogens is 2. The molecule has 1 saturated heterocycles. The molecule has 2 atom stereocenters. The third-order valence-corrected chi connectivity index (χ3v) is 7.64. The van der Waals surface area contributed by atoms with Crippen molar-refractivity contribution in [2.75, 3.05) is 26.7 Å². The van der Waals surface area contributed by atoms with E-state index in [0.717, 1.165) is 12.1 Å². The van der Waals surface area contributed by atoms with Gasteiger partial charge in [0, 0.05) is 26.7 Å². The average molecular weight is 443 g/mol. The molecule has 0 spiro atoms. The van der Waals surface area contributed by atoms with E-state index in [1.54, 1.807) is 25.2 Å². The summed E-state index contributed by atoms with van der Waals surface area (Å²) in [7, 11) is -1.99. The smallest absolute Gasteiger partial charge is 0.218 e. The molecule has 0 radical (unpaired) electrons. The lowest BCUT2D eigenvalue weighted by Crippen LogP contribution is -2.39. The molecule has 28 heavy (non-hydrogen) atoms. The Morgan fingerprint density at radius 2 is 1.89 bits per heavy atom. The molecule has 2 unspecified atom stereocenters. The van der Waals surface area contributed by atoms with Crippen molar-refractivity contribution in [3.05, 3.63) is 69.7 Å². The summed E-state index contributed by atoms with van der Waals surface area (Å²) in [5.74, 6) is -0.160. The zero-order valence-electron chi connectivity index (χ0n) is 15.6. The molecular formula is C20H24Cl2N2O3S. The Labute approximate surface area is 176 Å². The molecule has 0 bridgehead atoms. The van der Waals surface area contributed by atoms with Gasteiger partial charge < -0.3 is 5.11 Å². The van der Waals surface area contributed by atoms with Gasteiger partial charge in [0.15, 0.2) is 0 Å². The second-order valence-corrected chi connectivity index (χ2v) is 9.99. The van der Waals surface area contributed by atoms with Gasteiger partial charge in [0.2, 0.25) is 10.0 Å². The van der Waals surface area contributed by atoms with Crippen molar-refractivity contribution in [3.8, 4) is 0 Å². The number of sulfonamides is 1. The minimum Gasteiger partial charge on any atom is -0.392 e. The van der Waals surface area contributed by atoms with Crippen molar-refractivity contribution in [1.29, 1.82) is 0 Å². The van der Waals surface area contributed by atoms with Crippen molar-refractivity contribution in [1.82, 2.24) is 9.21 Å². The standard InChI is InChI=1S/C20H24Cl2N2O3S/c1-23(28(26,27)14-15-7-8-18(21)19(22)11-15)20(16-5-3-2-4-6-16)13-24-10-9-17(25)12-24/h2-8,11,17,20,25H,9-10,12-14H2,1H3. The van der Waals surface area contributed by atoms with E-state index >= 15 is 0 Å². The van der Waals surface area contributed by atoms with E-state index in [2.05, 4.69) is 4.90 Å². The molecule has 5 nitrogen and oxygen atoms in total. The molecule has 0 aromatic heterocycles. The Balaban J connectivity index is 1.84. The molecule has 0 amide bonds. The summed E-state index contributed by atoms with van der Waals surface area (Å²) in [5.41, 5.74) is 1.51. The second kappa shape index (κ2) is 9.11. The third kappa shape index (κ3) is 5.26. The normalized spacial score (nSPS) is 19.2. The minimum atomic E-state index is -3.60. The number of hydrogen-bond acceptors (Lipinski definition) is 4. The predicted octanol–water partition coefficient (Wildman–Crippen LogP) is 3.56. The number of hydrogen-bond donors (Lipinski definition) is 1. The van der Waals surface area contributed by atoms with Crippen molar-refractivity contribution in [2.24, 2.45) is 0 Å². The van der Waals surface area contributed by atoms with Gasteiger partial charge in [-0.25, -0.2) is 8.42 Å². The molecule has 1 aliphatic heterocycles. The summed E-state index contributed by atoms with van der Waals surface area (Å²) in [4.78, 5) is 2.10. The first-order chi connectivity index (χ1) is 13.3. The van der Waals surface area contributed by atoms with Crippen LogP contribution >= 0.6 is 23.2 Å². The Morgan fingerprint density at radius 1 is 1.18 bits per heavy atom. The van der Waals surface area contributed by atoms with Gasteiger partial charge >= 0.3 is 0 Å². The SMILES string of the molecule is CN(C(CN1CCC(O)C1)c1ccccc1)S(=O)(=O)Cc1ccc(Cl)c(Cl)c1. The van der Waals surface area contributed by atoms with Crippen LogP contribution in [-0.2, 0) is 15.8 Å². The fourth-order valence-corrected chi connectivity index (χ4v) is 5.17. The van der Waals surface area contributed by atoms with Gasteiger partial charge in [-0.05, 0) is 29.7 Å². The average Bonchev–Trinajstić information content (AvgIpc) is 3.07. The van der Waals surface area contributed by atoms with Gasteiger partial charge in [-0.2, -0.15) is 4.31 Å².